The molecule has 2 rings (SSSR count). The van der Waals surface area contributed by atoms with E-state index in [0.717, 1.165) is 18.4 Å². The minimum atomic E-state index is 0.346. The van der Waals surface area contributed by atoms with E-state index in [9.17, 15) is 4.79 Å². The van der Waals surface area contributed by atoms with Gasteiger partial charge in [-0.2, -0.15) is 0 Å². The van der Waals surface area contributed by atoms with Gasteiger partial charge in [-0.3, -0.25) is 4.79 Å². The largest absolute Gasteiger partial charge is 0.299 e. The molecule has 1 aromatic carbocycles. The summed E-state index contributed by atoms with van der Waals surface area (Å²) in [6, 6.07) is 12.7. The summed E-state index contributed by atoms with van der Waals surface area (Å²) in [6.07, 6.45) is 3.24. The number of ketones is 1. The zero-order valence-corrected chi connectivity index (χ0v) is 13.1. The van der Waals surface area contributed by atoms with Crippen molar-refractivity contribution in [3.8, 4) is 0 Å². The van der Waals surface area contributed by atoms with Crippen LogP contribution in [0.4, 0.5) is 0 Å². The predicted molar refractivity (Wildman–Crippen MR) is 86.5 cm³/mol. The molecular weight excluding hydrogens is 264 g/mol. The number of aryl methyl sites for hydroxylation is 1. The molecule has 0 bridgehead atoms. The van der Waals surface area contributed by atoms with E-state index in [-0.39, 0.29) is 0 Å². The van der Waals surface area contributed by atoms with Gasteiger partial charge in [-0.15, -0.1) is 11.3 Å². The van der Waals surface area contributed by atoms with Crippen molar-refractivity contribution in [2.75, 3.05) is 0 Å². The van der Waals surface area contributed by atoms with Gasteiger partial charge >= 0.3 is 0 Å². The predicted octanol–water partition coefficient (Wildman–Crippen LogP) is 5.01. The molecule has 0 N–H and O–H groups in total. The highest BCUT2D eigenvalue weighted by molar-refractivity contribution is 7.09. The Bertz CT molecular complexity index is 523. The molecule has 2 heteroatoms. The van der Waals surface area contributed by atoms with Crippen LogP contribution in [0.5, 0.6) is 0 Å². The number of hydrogen-bond donors (Lipinski definition) is 0. The highest BCUT2D eigenvalue weighted by atomic mass is 32.1. The number of hydrogen-bond acceptors (Lipinski definition) is 2. The maximum absolute atomic E-state index is 12.0. The lowest BCUT2D eigenvalue weighted by Crippen LogP contribution is -2.03. The van der Waals surface area contributed by atoms with E-state index in [1.54, 1.807) is 11.3 Å². The number of benzene rings is 1. The molecule has 0 aliphatic carbocycles. The summed E-state index contributed by atoms with van der Waals surface area (Å²) in [5, 5.41) is 2.09. The van der Waals surface area contributed by atoms with Gasteiger partial charge in [-0.05, 0) is 41.3 Å². The molecule has 20 heavy (non-hydrogen) atoms. The maximum Gasteiger partial charge on any atom is 0.137 e. The highest BCUT2D eigenvalue weighted by Gasteiger charge is 2.05. The second kappa shape index (κ2) is 7.39. The summed E-state index contributed by atoms with van der Waals surface area (Å²) in [7, 11) is 0. The van der Waals surface area contributed by atoms with Gasteiger partial charge in [0, 0.05) is 17.7 Å². The average Bonchev–Trinajstić information content (AvgIpc) is 2.92. The Morgan fingerprint density at radius 1 is 1.15 bits per heavy atom. The molecule has 2 aromatic rings. The molecule has 0 atom stereocenters. The van der Waals surface area contributed by atoms with Gasteiger partial charge in [0.05, 0.1) is 0 Å². The number of carbonyl (C=O) groups excluding carboxylic acids is 1. The van der Waals surface area contributed by atoms with E-state index in [2.05, 4.69) is 55.6 Å². The fourth-order valence-electron chi connectivity index (χ4n) is 2.25. The van der Waals surface area contributed by atoms with Crippen molar-refractivity contribution in [1.82, 2.24) is 0 Å². The lowest BCUT2D eigenvalue weighted by Gasteiger charge is -2.06. The van der Waals surface area contributed by atoms with Crippen LogP contribution in [0.1, 0.15) is 48.6 Å². The van der Waals surface area contributed by atoms with Gasteiger partial charge in [-0.1, -0.05) is 44.2 Å². The lowest BCUT2D eigenvalue weighted by atomic mass is 9.99. The van der Waals surface area contributed by atoms with Gasteiger partial charge < -0.3 is 0 Å². The summed E-state index contributed by atoms with van der Waals surface area (Å²) >= 11 is 1.77. The minimum Gasteiger partial charge on any atom is -0.299 e. The summed E-state index contributed by atoms with van der Waals surface area (Å²) in [5.41, 5.74) is 2.47. The van der Waals surface area contributed by atoms with Crippen molar-refractivity contribution in [3.05, 3.63) is 57.8 Å². The smallest absolute Gasteiger partial charge is 0.137 e. The van der Waals surface area contributed by atoms with Crippen LogP contribution in [0.2, 0.25) is 0 Å². The average molecular weight is 286 g/mol. The molecule has 1 aromatic heterocycles. The van der Waals surface area contributed by atoms with Crippen LogP contribution in [0, 0.1) is 0 Å². The van der Waals surface area contributed by atoms with Crippen LogP contribution in [0.25, 0.3) is 0 Å². The Hall–Kier alpha value is -1.41. The van der Waals surface area contributed by atoms with Gasteiger partial charge in [-0.25, -0.2) is 0 Å². The summed E-state index contributed by atoms with van der Waals surface area (Å²) in [4.78, 5) is 13.3. The van der Waals surface area contributed by atoms with Crippen molar-refractivity contribution < 1.29 is 4.79 Å². The van der Waals surface area contributed by atoms with Crippen molar-refractivity contribution >= 4 is 17.1 Å². The monoisotopic (exact) mass is 286 g/mol. The zero-order chi connectivity index (χ0) is 14.4. The first-order chi connectivity index (χ1) is 9.65. The van der Waals surface area contributed by atoms with Crippen molar-refractivity contribution in [3.63, 3.8) is 0 Å². The molecule has 0 fully saturated rings. The molecule has 0 radical (unpaired) electrons. The van der Waals surface area contributed by atoms with Crippen molar-refractivity contribution in [1.29, 1.82) is 0 Å². The number of thiophene rings is 1. The molecule has 1 nitrogen and oxygen atoms in total. The van der Waals surface area contributed by atoms with Crippen LogP contribution in [-0.4, -0.2) is 5.78 Å². The van der Waals surface area contributed by atoms with Crippen LogP contribution >= 0.6 is 11.3 Å². The quantitative estimate of drug-likeness (QED) is 0.699. The van der Waals surface area contributed by atoms with Gasteiger partial charge in [0.15, 0.2) is 0 Å². The molecular formula is C18H22OS. The maximum atomic E-state index is 12.0. The standard InChI is InChI=1S/C18H22OS/c1-14(2)16-10-8-15(9-11-16)13-17(19)5-3-6-18-7-4-12-20-18/h4,7-12,14H,3,5-6,13H2,1-2H3. The first-order valence-corrected chi connectivity index (χ1v) is 8.16. The molecule has 0 saturated carbocycles. The Morgan fingerprint density at radius 2 is 1.90 bits per heavy atom. The van der Waals surface area contributed by atoms with Gasteiger partial charge in [0.2, 0.25) is 0 Å². The zero-order valence-electron chi connectivity index (χ0n) is 12.3. The molecule has 0 amide bonds. The van der Waals surface area contributed by atoms with Gasteiger partial charge in [0.25, 0.3) is 0 Å². The molecule has 0 spiro atoms. The van der Waals surface area contributed by atoms with E-state index < -0.39 is 0 Å². The SMILES string of the molecule is CC(C)c1ccc(CC(=O)CCCc2cccs2)cc1. The second-order valence-electron chi connectivity index (χ2n) is 5.54. The summed E-state index contributed by atoms with van der Waals surface area (Å²) in [6.45, 7) is 4.37. The van der Waals surface area contributed by atoms with E-state index in [1.165, 1.54) is 10.4 Å². The Labute approximate surface area is 125 Å². The van der Waals surface area contributed by atoms with Crippen LogP contribution in [0.15, 0.2) is 41.8 Å². The lowest BCUT2D eigenvalue weighted by molar-refractivity contribution is -0.118. The van der Waals surface area contributed by atoms with Crippen LogP contribution < -0.4 is 0 Å². The topological polar surface area (TPSA) is 17.1 Å². The molecule has 0 saturated heterocycles. The van der Waals surface area contributed by atoms with Crippen molar-refractivity contribution in [2.24, 2.45) is 0 Å². The minimum absolute atomic E-state index is 0.346. The van der Waals surface area contributed by atoms with E-state index in [1.807, 2.05) is 0 Å². The number of rotatable bonds is 7. The molecule has 106 valence electrons. The Kier molecular flexibility index (Phi) is 5.54. The third kappa shape index (κ3) is 4.61. The molecule has 1 heterocycles. The first-order valence-electron chi connectivity index (χ1n) is 7.28. The van der Waals surface area contributed by atoms with E-state index in [0.29, 0.717) is 24.5 Å². The molecule has 0 aliphatic rings. The highest BCUT2D eigenvalue weighted by Crippen LogP contribution is 2.16. The Balaban J connectivity index is 1.76. The third-order valence-electron chi connectivity index (χ3n) is 3.51. The van der Waals surface area contributed by atoms with Crippen LogP contribution in [0.3, 0.4) is 0 Å². The van der Waals surface area contributed by atoms with E-state index >= 15 is 0 Å². The van der Waals surface area contributed by atoms with Crippen molar-refractivity contribution in [2.45, 2.75) is 45.4 Å². The fourth-order valence-corrected chi connectivity index (χ4v) is 3.00. The number of carbonyl (C=O) groups is 1. The van der Waals surface area contributed by atoms with E-state index in [4.69, 9.17) is 0 Å². The molecule has 0 aliphatic heterocycles. The summed E-state index contributed by atoms with van der Waals surface area (Å²) in [5.74, 6) is 0.893. The van der Waals surface area contributed by atoms with Crippen LogP contribution in [-0.2, 0) is 17.6 Å². The normalized spacial score (nSPS) is 10.9. The summed E-state index contributed by atoms with van der Waals surface area (Å²) < 4.78 is 0. The first kappa shape index (κ1) is 15.0. The Morgan fingerprint density at radius 3 is 2.50 bits per heavy atom. The number of Topliss-reactive ketones (excluding diaryl/α,β-unsaturated/α-hetero) is 1. The third-order valence-corrected chi connectivity index (χ3v) is 4.44. The second-order valence-corrected chi connectivity index (χ2v) is 6.58. The fraction of sp³-hybridized carbons (Fsp3) is 0.389. The van der Waals surface area contributed by atoms with Gasteiger partial charge in [0.1, 0.15) is 5.78 Å². The molecule has 0 unspecified atom stereocenters.